The lowest BCUT2D eigenvalue weighted by molar-refractivity contribution is -0.132. The number of benzene rings is 1. The maximum absolute atomic E-state index is 13.8. The topological polar surface area (TPSA) is 113 Å². The minimum Gasteiger partial charge on any atom is -0.352 e. The molecule has 150 valence electrons. The number of carbonyl (C=O) groups excluding carboxylic acids is 2. The number of carbonyl (C=O) groups is 2. The molecule has 0 saturated carbocycles. The average Bonchev–Trinajstić information content (AvgIpc) is 2.60. The van der Waals surface area contributed by atoms with Crippen molar-refractivity contribution in [3.8, 4) is 0 Å². The third-order valence-corrected chi connectivity index (χ3v) is 6.18. The van der Waals surface area contributed by atoms with Gasteiger partial charge >= 0.3 is 6.03 Å². The van der Waals surface area contributed by atoms with E-state index < -0.39 is 32.6 Å². The summed E-state index contributed by atoms with van der Waals surface area (Å²) in [5.74, 6) is -2.42. The highest BCUT2D eigenvalue weighted by Gasteiger charge is 2.33. The zero-order chi connectivity index (χ0) is 20.0. The number of primary amides is 1. The van der Waals surface area contributed by atoms with Gasteiger partial charge in [0.1, 0.15) is 11.6 Å². The number of nitrogens with two attached hydrogens (primary N) is 1. The molecule has 0 bridgehead atoms. The van der Waals surface area contributed by atoms with Gasteiger partial charge in [-0.15, -0.1) is 0 Å². The Morgan fingerprint density at radius 2 is 1.67 bits per heavy atom. The Bertz CT molecular complexity index is 775. The van der Waals surface area contributed by atoms with E-state index >= 15 is 0 Å². The molecule has 1 aromatic rings. The summed E-state index contributed by atoms with van der Waals surface area (Å²) in [5, 5.41) is 2.43. The highest BCUT2D eigenvalue weighted by atomic mass is 32.2. The van der Waals surface area contributed by atoms with Gasteiger partial charge in [0.25, 0.3) is 0 Å². The first kappa shape index (κ1) is 21.0. The lowest BCUT2D eigenvalue weighted by atomic mass is 10.2. The van der Waals surface area contributed by atoms with E-state index in [2.05, 4.69) is 5.32 Å². The van der Waals surface area contributed by atoms with E-state index in [9.17, 15) is 26.8 Å². The molecule has 3 amide bonds. The van der Waals surface area contributed by atoms with Crippen LogP contribution in [0.4, 0.5) is 13.6 Å². The number of rotatable bonds is 7. The largest absolute Gasteiger partial charge is 0.352 e. The third-order valence-electron chi connectivity index (χ3n) is 4.22. The monoisotopic (exact) mass is 404 g/mol. The van der Waals surface area contributed by atoms with Gasteiger partial charge < -0.3 is 16.0 Å². The molecule has 27 heavy (non-hydrogen) atoms. The van der Waals surface area contributed by atoms with Gasteiger partial charge in [0.2, 0.25) is 15.9 Å². The summed E-state index contributed by atoms with van der Waals surface area (Å²) >= 11 is 0. The summed E-state index contributed by atoms with van der Waals surface area (Å²) < 4.78 is 53.6. The fourth-order valence-corrected chi connectivity index (χ4v) is 4.34. The van der Waals surface area contributed by atoms with E-state index in [4.69, 9.17) is 5.73 Å². The Morgan fingerprint density at radius 3 is 2.22 bits per heavy atom. The molecular weight excluding hydrogens is 382 g/mol. The van der Waals surface area contributed by atoms with E-state index in [0.717, 1.165) is 22.5 Å². The molecule has 1 aromatic carbocycles. The van der Waals surface area contributed by atoms with Crippen LogP contribution in [0, 0.1) is 11.6 Å². The molecule has 0 atom stereocenters. The fraction of sp³-hybridized carbons (Fsp3) is 0.500. The second-order valence-electron chi connectivity index (χ2n) is 6.08. The summed E-state index contributed by atoms with van der Waals surface area (Å²) in [4.78, 5) is 23.2. The number of hydrogen-bond acceptors (Lipinski definition) is 4. The quantitative estimate of drug-likeness (QED) is 0.649. The second-order valence-corrected chi connectivity index (χ2v) is 7.96. The Labute approximate surface area is 156 Å². The van der Waals surface area contributed by atoms with Gasteiger partial charge in [0.05, 0.1) is 0 Å². The van der Waals surface area contributed by atoms with Crippen molar-refractivity contribution in [3.63, 3.8) is 0 Å². The van der Waals surface area contributed by atoms with Gasteiger partial charge in [-0.2, -0.15) is 4.31 Å². The Kier molecular flexibility index (Phi) is 7.08. The van der Waals surface area contributed by atoms with Crippen molar-refractivity contribution in [1.29, 1.82) is 0 Å². The number of hydrogen-bond donors (Lipinski definition) is 2. The van der Waals surface area contributed by atoms with Crippen LogP contribution in [0.5, 0.6) is 0 Å². The standard InChI is InChI=1S/C16H22F2N4O4S/c17-12-4-3-5-13(18)15(12)27(25,26)22-10-8-21(9-11-22)14(23)6-1-2-7-20-16(19)24/h3-5H,1-2,6-11H2,(H3,19,20,24). The normalized spacial score (nSPS) is 15.6. The summed E-state index contributed by atoms with van der Waals surface area (Å²) in [6, 6.07) is 2.26. The van der Waals surface area contributed by atoms with E-state index in [1.54, 1.807) is 0 Å². The van der Waals surface area contributed by atoms with Gasteiger partial charge in [-0.3, -0.25) is 4.79 Å². The van der Waals surface area contributed by atoms with Crippen molar-refractivity contribution in [2.45, 2.75) is 24.2 Å². The van der Waals surface area contributed by atoms with Crippen molar-refractivity contribution in [2.24, 2.45) is 5.73 Å². The number of sulfonamides is 1. The summed E-state index contributed by atoms with van der Waals surface area (Å²) in [6.07, 6.45) is 1.41. The van der Waals surface area contributed by atoms with Crippen LogP contribution in [0.15, 0.2) is 23.1 Å². The minimum absolute atomic E-state index is 0.0366. The Morgan fingerprint density at radius 1 is 1.07 bits per heavy atom. The van der Waals surface area contributed by atoms with Crippen molar-refractivity contribution in [2.75, 3.05) is 32.7 Å². The van der Waals surface area contributed by atoms with E-state index in [0.29, 0.717) is 19.4 Å². The highest BCUT2D eigenvalue weighted by Crippen LogP contribution is 2.23. The van der Waals surface area contributed by atoms with Crippen LogP contribution in [0.1, 0.15) is 19.3 Å². The Balaban J connectivity index is 1.87. The molecule has 1 aliphatic rings. The number of halogens is 2. The van der Waals surface area contributed by atoms with E-state index in [-0.39, 0.29) is 38.5 Å². The van der Waals surface area contributed by atoms with Crippen LogP contribution in [0.2, 0.25) is 0 Å². The molecule has 0 aliphatic carbocycles. The van der Waals surface area contributed by atoms with Crippen LogP contribution in [0.3, 0.4) is 0 Å². The number of amides is 3. The predicted octanol–water partition coefficient (Wildman–Crippen LogP) is 0.636. The lowest BCUT2D eigenvalue weighted by Gasteiger charge is -2.34. The number of unbranched alkanes of at least 4 members (excludes halogenated alkanes) is 1. The first-order valence-electron chi connectivity index (χ1n) is 8.48. The van der Waals surface area contributed by atoms with Gasteiger partial charge in [0, 0.05) is 39.1 Å². The van der Waals surface area contributed by atoms with Crippen LogP contribution < -0.4 is 11.1 Å². The molecule has 1 aliphatic heterocycles. The van der Waals surface area contributed by atoms with Crippen LogP contribution in [-0.4, -0.2) is 62.3 Å². The molecule has 8 nitrogen and oxygen atoms in total. The van der Waals surface area contributed by atoms with Crippen LogP contribution >= 0.6 is 0 Å². The van der Waals surface area contributed by atoms with Gasteiger partial charge in [-0.05, 0) is 25.0 Å². The third kappa shape index (κ3) is 5.36. The SMILES string of the molecule is NC(=O)NCCCCC(=O)N1CCN(S(=O)(=O)c2c(F)cccc2F)CC1. The molecule has 1 heterocycles. The highest BCUT2D eigenvalue weighted by molar-refractivity contribution is 7.89. The number of urea groups is 1. The number of nitrogens with zero attached hydrogens (tertiary/aromatic N) is 2. The zero-order valence-electron chi connectivity index (χ0n) is 14.7. The summed E-state index contributed by atoms with van der Waals surface area (Å²) in [7, 11) is -4.31. The van der Waals surface area contributed by atoms with E-state index in [1.807, 2.05) is 0 Å². The lowest BCUT2D eigenvalue weighted by Crippen LogP contribution is -2.50. The second kappa shape index (κ2) is 9.09. The maximum Gasteiger partial charge on any atom is 0.312 e. The molecule has 0 spiro atoms. The summed E-state index contributed by atoms with van der Waals surface area (Å²) in [6.45, 7) is 0.598. The Hall–Kier alpha value is -2.27. The molecule has 1 fully saturated rings. The molecule has 0 radical (unpaired) electrons. The first-order valence-corrected chi connectivity index (χ1v) is 9.92. The van der Waals surface area contributed by atoms with Crippen molar-refractivity contribution < 1.29 is 26.8 Å². The van der Waals surface area contributed by atoms with Gasteiger partial charge in [0.15, 0.2) is 4.90 Å². The summed E-state index contributed by atoms with van der Waals surface area (Å²) in [5.41, 5.74) is 4.93. The van der Waals surface area contributed by atoms with Gasteiger partial charge in [-0.25, -0.2) is 22.0 Å². The smallest absolute Gasteiger partial charge is 0.312 e. The average molecular weight is 404 g/mol. The van der Waals surface area contributed by atoms with E-state index in [1.165, 1.54) is 4.90 Å². The molecule has 2 rings (SSSR count). The molecule has 11 heteroatoms. The first-order chi connectivity index (χ1) is 12.7. The van der Waals surface area contributed by atoms with Crippen LogP contribution in [0.25, 0.3) is 0 Å². The maximum atomic E-state index is 13.8. The predicted molar refractivity (Wildman–Crippen MR) is 93.1 cm³/mol. The van der Waals surface area contributed by atoms with Crippen molar-refractivity contribution in [3.05, 3.63) is 29.8 Å². The molecule has 0 aromatic heterocycles. The molecule has 1 saturated heterocycles. The minimum atomic E-state index is -4.31. The molecular formula is C16H22F2N4O4S. The number of piperazine rings is 1. The zero-order valence-corrected chi connectivity index (χ0v) is 15.5. The number of nitrogens with one attached hydrogen (secondary N) is 1. The molecule has 3 N–H and O–H groups in total. The van der Waals surface area contributed by atoms with Gasteiger partial charge in [-0.1, -0.05) is 6.07 Å². The van der Waals surface area contributed by atoms with Crippen molar-refractivity contribution in [1.82, 2.24) is 14.5 Å². The fourth-order valence-electron chi connectivity index (χ4n) is 2.81. The van der Waals surface area contributed by atoms with Crippen LogP contribution in [-0.2, 0) is 14.8 Å². The van der Waals surface area contributed by atoms with Crippen molar-refractivity contribution >= 4 is 22.0 Å². The molecule has 0 unspecified atom stereocenters.